The maximum Gasteiger partial charge on any atom is 0.182 e. The monoisotopic (exact) mass is 422 g/mol. The highest BCUT2D eigenvalue weighted by Crippen LogP contribution is 2.23. The van der Waals surface area contributed by atoms with Gasteiger partial charge in [-0.25, -0.2) is 14.5 Å². The number of hydrogen-bond acceptors (Lipinski definition) is 5. The van der Waals surface area contributed by atoms with Crippen molar-refractivity contribution < 1.29 is 0 Å². The molecule has 0 fully saturated rings. The Labute approximate surface area is 162 Å². The van der Waals surface area contributed by atoms with Crippen LogP contribution in [-0.2, 0) is 6.54 Å². The molecule has 0 unspecified atom stereocenters. The second-order valence-electron chi connectivity index (χ2n) is 6.42. The highest BCUT2D eigenvalue weighted by Gasteiger charge is 2.13. The molecule has 134 valence electrons. The molecule has 0 spiro atoms. The van der Waals surface area contributed by atoms with E-state index in [9.17, 15) is 0 Å². The van der Waals surface area contributed by atoms with Crippen LogP contribution in [0.2, 0.25) is 0 Å². The Bertz CT molecular complexity index is 1300. The predicted octanol–water partition coefficient (Wildman–Crippen LogP) is 3.29. The van der Waals surface area contributed by atoms with E-state index in [4.69, 9.17) is 0 Å². The third kappa shape index (κ3) is 2.62. The van der Waals surface area contributed by atoms with Gasteiger partial charge in [-0.15, -0.1) is 5.10 Å². The summed E-state index contributed by atoms with van der Waals surface area (Å²) in [5, 5.41) is 16.9. The molecule has 0 radical (unpaired) electrons. The first kappa shape index (κ1) is 16.1. The van der Waals surface area contributed by atoms with Crippen molar-refractivity contribution in [2.24, 2.45) is 0 Å². The second kappa shape index (κ2) is 5.98. The summed E-state index contributed by atoms with van der Waals surface area (Å²) in [6, 6.07) is 8.21. The van der Waals surface area contributed by atoms with Gasteiger partial charge in [-0.1, -0.05) is 18.2 Å². The number of H-pyrrole nitrogens is 1. The molecule has 0 aliphatic heterocycles. The van der Waals surface area contributed by atoms with Crippen LogP contribution in [0.4, 0.5) is 0 Å². The van der Waals surface area contributed by atoms with Crippen molar-refractivity contribution in [1.29, 1.82) is 0 Å². The lowest BCUT2D eigenvalue weighted by Gasteiger charge is -2.06. The van der Waals surface area contributed by atoms with Crippen molar-refractivity contribution in [2.45, 2.75) is 20.4 Å². The first-order chi connectivity index (χ1) is 13.1. The number of nitrogens with one attached hydrogen (secondary N) is 1. The van der Waals surface area contributed by atoms with E-state index in [1.54, 1.807) is 17.0 Å². The maximum atomic E-state index is 4.69. The fourth-order valence-electron chi connectivity index (χ4n) is 3.17. The fourth-order valence-corrected chi connectivity index (χ4v) is 3.46. The standard InChI is InChI=1S/C18H15BrN8/c1-10-15(19)11(2)26(24-10)8-12-4-3-5-13(6-12)16-22-18-14-7-21-23-17(14)20-9-27(18)25-16/h3-7,9H,8H2,1-2H3,(H,21,23). The highest BCUT2D eigenvalue weighted by molar-refractivity contribution is 9.10. The van der Waals surface area contributed by atoms with Crippen LogP contribution in [0.1, 0.15) is 17.0 Å². The van der Waals surface area contributed by atoms with Crippen LogP contribution in [0.15, 0.2) is 41.3 Å². The lowest BCUT2D eigenvalue weighted by Crippen LogP contribution is -2.04. The molecule has 0 bridgehead atoms. The Balaban J connectivity index is 1.55. The zero-order valence-electron chi connectivity index (χ0n) is 14.7. The highest BCUT2D eigenvalue weighted by atomic mass is 79.9. The number of aryl methyl sites for hydroxylation is 1. The van der Waals surface area contributed by atoms with Crippen molar-refractivity contribution in [1.82, 2.24) is 39.6 Å². The van der Waals surface area contributed by atoms with Gasteiger partial charge in [0.15, 0.2) is 17.1 Å². The molecule has 0 saturated carbocycles. The van der Waals surface area contributed by atoms with Gasteiger partial charge in [0.05, 0.1) is 34.0 Å². The van der Waals surface area contributed by atoms with E-state index in [1.807, 2.05) is 23.7 Å². The molecule has 1 aromatic carbocycles. The molecule has 0 amide bonds. The predicted molar refractivity (Wildman–Crippen MR) is 104 cm³/mol. The molecule has 4 aromatic heterocycles. The lowest BCUT2D eigenvalue weighted by molar-refractivity contribution is 0.659. The van der Waals surface area contributed by atoms with E-state index in [0.717, 1.165) is 38.0 Å². The van der Waals surface area contributed by atoms with Crippen LogP contribution in [-0.4, -0.2) is 39.6 Å². The molecule has 1 N–H and O–H groups in total. The molecular formula is C18H15BrN8. The van der Waals surface area contributed by atoms with Crippen LogP contribution in [0.5, 0.6) is 0 Å². The summed E-state index contributed by atoms with van der Waals surface area (Å²) < 4.78 is 4.73. The summed E-state index contributed by atoms with van der Waals surface area (Å²) in [4.78, 5) is 8.99. The summed E-state index contributed by atoms with van der Waals surface area (Å²) in [7, 11) is 0. The Morgan fingerprint density at radius 2 is 2.07 bits per heavy atom. The van der Waals surface area contributed by atoms with Crippen molar-refractivity contribution in [3.8, 4) is 11.4 Å². The molecule has 8 nitrogen and oxygen atoms in total. The van der Waals surface area contributed by atoms with Crippen LogP contribution in [0, 0.1) is 13.8 Å². The van der Waals surface area contributed by atoms with Crippen LogP contribution < -0.4 is 0 Å². The molecule has 4 heterocycles. The minimum absolute atomic E-state index is 0.655. The van der Waals surface area contributed by atoms with Crippen LogP contribution >= 0.6 is 15.9 Å². The van der Waals surface area contributed by atoms with Gasteiger partial charge in [0.1, 0.15) is 6.33 Å². The molecule has 0 saturated heterocycles. The van der Waals surface area contributed by atoms with Gasteiger partial charge in [0.2, 0.25) is 0 Å². The van der Waals surface area contributed by atoms with E-state index in [2.05, 4.69) is 65.3 Å². The average molecular weight is 423 g/mol. The quantitative estimate of drug-likeness (QED) is 0.481. The Morgan fingerprint density at radius 3 is 2.89 bits per heavy atom. The lowest BCUT2D eigenvalue weighted by atomic mass is 10.1. The molecule has 27 heavy (non-hydrogen) atoms. The Hall–Kier alpha value is -3.07. The Morgan fingerprint density at radius 1 is 1.19 bits per heavy atom. The van der Waals surface area contributed by atoms with Crippen molar-refractivity contribution in [3.05, 3.63) is 58.2 Å². The number of aromatic amines is 1. The third-order valence-corrected chi connectivity index (χ3v) is 5.75. The maximum absolute atomic E-state index is 4.69. The van der Waals surface area contributed by atoms with Gasteiger partial charge >= 0.3 is 0 Å². The topological polar surface area (TPSA) is 89.6 Å². The zero-order chi connectivity index (χ0) is 18.5. The van der Waals surface area contributed by atoms with Crippen LogP contribution in [0.25, 0.3) is 28.1 Å². The summed E-state index contributed by atoms with van der Waals surface area (Å²) in [5.74, 6) is 0.655. The number of aromatic nitrogens is 8. The first-order valence-electron chi connectivity index (χ1n) is 8.43. The molecule has 0 aliphatic carbocycles. The first-order valence-corrected chi connectivity index (χ1v) is 9.23. The summed E-state index contributed by atoms with van der Waals surface area (Å²) in [6.07, 6.45) is 3.36. The number of nitrogens with zero attached hydrogens (tertiary/aromatic N) is 7. The van der Waals surface area contributed by atoms with Crippen LogP contribution in [0.3, 0.4) is 0 Å². The number of fused-ring (bicyclic) bond motifs is 3. The van der Waals surface area contributed by atoms with Gasteiger partial charge in [-0.2, -0.15) is 10.2 Å². The molecule has 0 aliphatic rings. The van der Waals surface area contributed by atoms with Gasteiger partial charge in [0.25, 0.3) is 0 Å². The second-order valence-corrected chi connectivity index (χ2v) is 7.22. The van der Waals surface area contributed by atoms with Gasteiger partial charge in [0, 0.05) is 5.56 Å². The minimum atomic E-state index is 0.655. The average Bonchev–Trinajstić information content (AvgIpc) is 3.36. The molecule has 9 heteroatoms. The molecular weight excluding hydrogens is 408 g/mol. The largest absolute Gasteiger partial charge is 0.264 e. The summed E-state index contributed by atoms with van der Waals surface area (Å²) >= 11 is 3.58. The number of benzene rings is 1. The van der Waals surface area contributed by atoms with E-state index >= 15 is 0 Å². The van der Waals surface area contributed by atoms with E-state index < -0.39 is 0 Å². The zero-order valence-corrected chi connectivity index (χ0v) is 16.3. The molecule has 5 rings (SSSR count). The fraction of sp³-hybridized carbons (Fsp3) is 0.167. The molecule has 5 aromatic rings. The van der Waals surface area contributed by atoms with Gasteiger partial charge < -0.3 is 0 Å². The summed E-state index contributed by atoms with van der Waals surface area (Å²) in [6.45, 7) is 4.74. The van der Waals surface area contributed by atoms with E-state index in [-0.39, 0.29) is 0 Å². The van der Waals surface area contributed by atoms with Gasteiger partial charge in [-0.05, 0) is 41.4 Å². The molecule has 0 atom stereocenters. The van der Waals surface area contributed by atoms with Crippen molar-refractivity contribution >= 4 is 32.6 Å². The van der Waals surface area contributed by atoms with Gasteiger partial charge in [-0.3, -0.25) is 9.78 Å². The smallest absolute Gasteiger partial charge is 0.182 e. The minimum Gasteiger partial charge on any atom is -0.264 e. The Kier molecular flexibility index (Phi) is 3.57. The van der Waals surface area contributed by atoms with Crippen molar-refractivity contribution in [3.63, 3.8) is 0 Å². The van der Waals surface area contributed by atoms with Crippen molar-refractivity contribution in [2.75, 3.05) is 0 Å². The van der Waals surface area contributed by atoms with E-state index in [0.29, 0.717) is 18.0 Å². The normalized spacial score (nSPS) is 11.7. The third-order valence-electron chi connectivity index (χ3n) is 4.60. The SMILES string of the molecule is Cc1nn(Cc2cccc(-c3nc4c5cn[nH]c5ncn4n3)c2)c(C)c1Br. The number of halogens is 1. The number of hydrogen-bond donors (Lipinski definition) is 1. The number of rotatable bonds is 3. The van der Waals surface area contributed by atoms with E-state index in [1.165, 1.54) is 0 Å². The summed E-state index contributed by atoms with van der Waals surface area (Å²) in [5.41, 5.74) is 5.62.